The number of fused-ring (bicyclic) bond motifs is 1. The van der Waals surface area contributed by atoms with E-state index in [0.29, 0.717) is 49.9 Å². The Hall–Kier alpha value is -4.05. The highest BCUT2D eigenvalue weighted by Gasteiger charge is 2.22. The number of hydrogen-bond acceptors (Lipinski definition) is 6. The van der Waals surface area contributed by atoms with Crippen LogP contribution in [0, 0.1) is 5.82 Å². The van der Waals surface area contributed by atoms with E-state index in [1.54, 1.807) is 54.6 Å². The van der Waals surface area contributed by atoms with Crippen LogP contribution in [0.3, 0.4) is 0 Å². The Morgan fingerprint density at radius 1 is 0.949 bits per heavy atom. The van der Waals surface area contributed by atoms with Crippen LogP contribution in [-0.2, 0) is 16.6 Å². The third-order valence-corrected chi connectivity index (χ3v) is 8.24. The predicted octanol–water partition coefficient (Wildman–Crippen LogP) is 6.66. The molecule has 0 saturated heterocycles. The Kier molecular flexibility index (Phi) is 7.47. The van der Waals surface area contributed by atoms with Gasteiger partial charge in [-0.25, -0.2) is 27.1 Å². The predicted molar refractivity (Wildman–Crippen MR) is 151 cm³/mol. The van der Waals surface area contributed by atoms with Crippen LogP contribution in [0.15, 0.2) is 96.2 Å². The number of aromatic nitrogens is 2. The second kappa shape index (κ2) is 11.0. The van der Waals surface area contributed by atoms with E-state index >= 15 is 0 Å². The second-order valence-corrected chi connectivity index (χ2v) is 11.5. The van der Waals surface area contributed by atoms with Crippen molar-refractivity contribution in [1.82, 2.24) is 14.3 Å². The molecule has 0 amide bonds. The minimum atomic E-state index is -3.66. The van der Waals surface area contributed by atoms with Crippen LogP contribution in [0.1, 0.15) is 5.56 Å². The van der Waals surface area contributed by atoms with E-state index in [0.717, 1.165) is 0 Å². The number of anilines is 2. The van der Waals surface area contributed by atoms with Gasteiger partial charge in [0.1, 0.15) is 30.3 Å². The maximum Gasteiger partial charge on any atom is 0.243 e. The standard InChI is InChI=1S/C29H24ClFN4O3S/c1-35(2)39(36,37)28-9-4-3-8-23(28)20-10-12-26-24(15-20)29(33-18-32-26)34-22-11-13-27(25(30)16-22)38-17-19-6-5-7-21(31)14-19/h3-16,18H,17H2,1-2H3,(H,32,33,34). The second-order valence-electron chi connectivity index (χ2n) is 8.93. The summed E-state index contributed by atoms with van der Waals surface area (Å²) in [7, 11) is -0.649. The number of rotatable bonds is 8. The van der Waals surface area contributed by atoms with Crippen LogP contribution in [-0.4, -0.2) is 36.8 Å². The fourth-order valence-electron chi connectivity index (χ4n) is 4.07. The van der Waals surface area contributed by atoms with E-state index in [9.17, 15) is 12.8 Å². The molecule has 0 atom stereocenters. The van der Waals surface area contributed by atoms with Gasteiger partial charge in [0.05, 0.1) is 15.4 Å². The maximum atomic E-state index is 13.4. The molecule has 39 heavy (non-hydrogen) atoms. The average molecular weight is 563 g/mol. The third kappa shape index (κ3) is 5.70. The SMILES string of the molecule is CN(C)S(=O)(=O)c1ccccc1-c1ccc2ncnc(Nc3ccc(OCc4cccc(F)c4)c(Cl)c3)c2c1. The molecule has 5 aromatic rings. The number of benzene rings is 4. The molecular weight excluding hydrogens is 539 g/mol. The summed E-state index contributed by atoms with van der Waals surface area (Å²) in [5, 5.41) is 4.35. The summed E-state index contributed by atoms with van der Waals surface area (Å²) in [6.07, 6.45) is 1.45. The number of nitrogens with zero attached hydrogens (tertiary/aromatic N) is 3. The molecule has 0 saturated carbocycles. The van der Waals surface area contributed by atoms with Gasteiger partial charge in [-0.15, -0.1) is 0 Å². The quantitative estimate of drug-likeness (QED) is 0.227. The normalized spacial score (nSPS) is 11.6. The Morgan fingerprint density at radius 3 is 2.54 bits per heavy atom. The summed E-state index contributed by atoms with van der Waals surface area (Å²) in [4.78, 5) is 8.98. The van der Waals surface area contributed by atoms with Crippen molar-refractivity contribution in [2.24, 2.45) is 0 Å². The van der Waals surface area contributed by atoms with Crippen molar-refractivity contribution in [1.29, 1.82) is 0 Å². The molecule has 7 nitrogen and oxygen atoms in total. The molecule has 4 aromatic carbocycles. The highest BCUT2D eigenvalue weighted by atomic mass is 35.5. The summed E-state index contributed by atoms with van der Waals surface area (Å²) in [6.45, 7) is 0.175. The van der Waals surface area contributed by atoms with Gasteiger partial charge in [0.25, 0.3) is 0 Å². The number of halogens is 2. The lowest BCUT2D eigenvalue weighted by Crippen LogP contribution is -2.22. The molecule has 0 unspecified atom stereocenters. The van der Waals surface area contributed by atoms with Crippen molar-refractivity contribution in [3.63, 3.8) is 0 Å². The van der Waals surface area contributed by atoms with Crippen LogP contribution in [0.2, 0.25) is 5.02 Å². The fraction of sp³-hybridized carbons (Fsp3) is 0.103. The summed E-state index contributed by atoms with van der Waals surface area (Å²) in [6, 6.07) is 23.8. The van der Waals surface area contributed by atoms with Gasteiger partial charge in [0, 0.05) is 30.7 Å². The molecule has 0 fully saturated rings. The Labute approximate surface area is 230 Å². The van der Waals surface area contributed by atoms with Gasteiger partial charge in [-0.05, 0) is 59.7 Å². The number of ether oxygens (including phenoxy) is 1. The first-order valence-corrected chi connectivity index (χ1v) is 13.7. The summed E-state index contributed by atoms with van der Waals surface area (Å²) in [5.74, 6) is 0.657. The first-order valence-electron chi connectivity index (χ1n) is 11.9. The average Bonchev–Trinajstić information content (AvgIpc) is 2.92. The van der Waals surface area contributed by atoms with Crippen LogP contribution in [0.25, 0.3) is 22.0 Å². The molecule has 1 aromatic heterocycles. The van der Waals surface area contributed by atoms with Crippen molar-refractivity contribution in [3.05, 3.63) is 108 Å². The Bertz CT molecular complexity index is 1780. The molecule has 0 radical (unpaired) electrons. The zero-order valence-electron chi connectivity index (χ0n) is 21.1. The highest BCUT2D eigenvalue weighted by Crippen LogP contribution is 2.34. The monoisotopic (exact) mass is 562 g/mol. The number of sulfonamides is 1. The molecule has 198 valence electrons. The van der Waals surface area contributed by atoms with E-state index in [4.69, 9.17) is 16.3 Å². The van der Waals surface area contributed by atoms with Crippen molar-refractivity contribution < 1.29 is 17.5 Å². The number of nitrogens with one attached hydrogen (secondary N) is 1. The first kappa shape index (κ1) is 26.6. The lowest BCUT2D eigenvalue weighted by Gasteiger charge is -2.16. The molecule has 10 heteroatoms. The smallest absolute Gasteiger partial charge is 0.243 e. The van der Waals surface area contributed by atoms with Gasteiger partial charge in [-0.3, -0.25) is 0 Å². The molecule has 0 aliphatic rings. The highest BCUT2D eigenvalue weighted by molar-refractivity contribution is 7.89. The van der Waals surface area contributed by atoms with Crippen LogP contribution in [0.5, 0.6) is 5.75 Å². The van der Waals surface area contributed by atoms with Crippen LogP contribution < -0.4 is 10.1 Å². The van der Waals surface area contributed by atoms with Crippen molar-refractivity contribution in [3.8, 4) is 16.9 Å². The van der Waals surface area contributed by atoms with E-state index in [2.05, 4.69) is 15.3 Å². The van der Waals surface area contributed by atoms with Gasteiger partial charge in [-0.1, -0.05) is 48.0 Å². The molecule has 0 aliphatic heterocycles. The zero-order chi connectivity index (χ0) is 27.6. The van der Waals surface area contributed by atoms with E-state index in [1.165, 1.54) is 36.9 Å². The van der Waals surface area contributed by atoms with Crippen LogP contribution in [0.4, 0.5) is 15.9 Å². The molecule has 0 aliphatic carbocycles. The van der Waals surface area contributed by atoms with Crippen LogP contribution >= 0.6 is 11.6 Å². The Morgan fingerprint density at radius 2 is 1.77 bits per heavy atom. The third-order valence-electron chi connectivity index (χ3n) is 6.07. The molecule has 5 rings (SSSR count). The summed E-state index contributed by atoms with van der Waals surface area (Å²) >= 11 is 6.47. The molecule has 1 heterocycles. The minimum Gasteiger partial charge on any atom is -0.487 e. The van der Waals surface area contributed by atoms with E-state index in [1.807, 2.05) is 18.2 Å². The van der Waals surface area contributed by atoms with Gasteiger partial charge < -0.3 is 10.1 Å². The maximum absolute atomic E-state index is 13.4. The molecule has 1 N–H and O–H groups in total. The summed E-state index contributed by atoms with van der Waals surface area (Å²) in [5.41, 5.74) is 3.33. The Balaban J connectivity index is 1.44. The first-order chi connectivity index (χ1) is 18.7. The zero-order valence-corrected chi connectivity index (χ0v) is 22.7. The summed E-state index contributed by atoms with van der Waals surface area (Å²) < 4.78 is 46.3. The minimum absolute atomic E-state index is 0.175. The van der Waals surface area contributed by atoms with E-state index < -0.39 is 10.0 Å². The van der Waals surface area contributed by atoms with Crippen molar-refractivity contribution in [2.45, 2.75) is 11.5 Å². The number of hydrogen-bond donors (Lipinski definition) is 1. The fourth-order valence-corrected chi connectivity index (χ4v) is 5.41. The largest absolute Gasteiger partial charge is 0.487 e. The molecule has 0 bridgehead atoms. The van der Waals surface area contributed by atoms with E-state index in [-0.39, 0.29) is 17.3 Å². The van der Waals surface area contributed by atoms with Crippen molar-refractivity contribution >= 4 is 44.0 Å². The van der Waals surface area contributed by atoms with Crippen molar-refractivity contribution in [2.75, 3.05) is 19.4 Å². The van der Waals surface area contributed by atoms with Gasteiger partial charge in [0.15, 0.2) is 0 Å². The van der Waals surface area contributed by atoms with Gasteiger partial charge in [0.2, 0.25) is 10.0 Å². The van der Waals surface area contributed by atoms with Gasteiger partial charge >= 0.3 is 0 Å². The van der Waals surface area contributed by atoms with Gasteiger partial charge in [-0.2, -0.15) is 0 Å². The molecule has 0 spiro atoms. The lowest BCUT2D eigenvalue weighted by atomic mass is 10.0. The lowest BCUT2D eigenvalue weighted by molar-refractivity contribution is 0.306. The molecular formula is C29H24ClFN4O3S. The topological polar surface area (TPSA) is 84.4 Å².